The molecule has 4 heteroatoms. The Morgan fingerprint density at radius 1 is 1.20 bits per heavy atom. The van der Waals surface area contributed by atoms with Crippen LogP contribution in [0.1, 0.15) is 31.1 Å². The number of amides is 1. The number of carbonyl (C=O) groups excluding carboxylic acids is 1. The molecule has 0 saturated carbocycles. The van der Waals surface area contributed by atoms with Crippen LogP contribution < -0.4 is 5.32 Å². The van der Waals surface area contributed by atoms with E-state index < -0.39 is 5.97 Å². The molecule has 0 bridgehead atoms. The minimum absolute atomic E-state index is 0.0951. The van der Waals surface area contributed by atoms with Crippen molar-refractivity contribution in [3.8, 4) is 0 Å². The molecule has 1 rings (SSSR count). The predicted molar refractivity (Wildman–Crippen MR) is 59.1 cm³/mol. The highest BCUT2D eigenvalue weighted by molar-refractivity contribution is 5.99. The van der Waals surface area contributed by atoms with Crippen LogP contribution >= 0.6 is 0 Å². The Bertz CT molecular complexity index is 347. The Kier molecular flexibility index (Phi) is 5.78. The van der Waals surface area contributed by atoms with Crippen molar-refractivity contribution in [1.29, 1.82) is 0 Å². The lowest BCUT2D eigenvalue weighted by molar-refractivity contribution is -0.114. The van der Waals surface area contributed by atoms with Gasteiger partial charge in [0.25, 0.3) is 0 Å². The molecule has 1 aromatic carbocycles. The maximum absolute atomic E-state index is 10.7. The van der Waals surface area contributed by atoms with Crippen LogP contribution in [0.4, 0.5) is 5.69 Å². The van der Waals surface area contributed by atoms with Gasteiger partial charge in [-0.15, -0.1) is 0 Å². The number of hydrogen-bond acceptors (Lipinski definition) is 2. The molecule has 0 saturated heterocycles. The van der Waals surface area contributed by atoms with Gasteiger partial charge in [-0.2, -0.15) is 0 Å². The van der Waals surface area contributed by atoms with Gasteiger partial charge in [0.2, 0.25) is 5.91 Å². The minimum atomic E-state index is -1.05. The van der Waals surface area contributed by atoms with Crippen LogP contribution in [0.5, 0.6) is 0 Å². The molecule has 0 fully saturated rings. The Balaban J connectivity index is 0.000000921. The number of carboxylic acids is 1. The first kappa shape index (κ1) is 13.2. The molecule has 0 atom stereocenters. The Morgan fingerprint density at radius 3 is 2.20 bits per heavy atom. The molecule has 1 aromatic rings. The molecule has 0 heterocycles. The van der Waals surface area contributed by atoms with Crippen molar-refractivity contribution < 1.29 is 14.7 Å². The van der Waals surface area contributed by atoms with E-state index in [0.717, 1.165) is 0 Å². The molecule has 0 unspecified atom stereocenters. The quantitative estimate of drug-likeness (QED) is 0.785. The molecule has 0 aromatic heterocycles. The van der Waals surface area contributed by atoms with Gasteiger partial charge in [0.15, 0.2) is 0 Å². The van der Waals surface area contributed by atoms with Gasteiger partial charge in [0.05, 0.1) is 11.3 Å². The van der Waals surface area contributed by atoms with Gasteiger partial charge in [0, 0.05) is 6.92 Å². The lowest BCUT2D eigenvalue weighted by atomic mass is 10.2. The molecule has 0 aliphatic rings. The molecular formula is C11H15NO3. The number of anilines is 1. The van der Waals surface area contributed by atoms with E-state index in [0.29, 0.717) is 5.69 Å². The normalized spacial score (nSPS) is 8.47. The first-order chi connectivity index (χ1) is 7.11. The second-order valence-electron chi connectivity index (χ2n) is 2.53. The zero-order chi connectivity index (χ0) is 11.8. The van der Waals surface area contributed by atoms with E-state index in [-0.39, 0.29) is 11.5 Å². The van der Waals surface area contributed by atoms with Crippen LogP contribution in [0.25, 0.3) is 0 Å². The van der Waals surface area contributed by atoms with Crippen molar-refractivity contribution in [2.45, 2.75) is 20.8 Å². The number of para-hydroxylation sites is 1. The fourth-order valence-electron chi connectivity index (χ4n) is 0.968. The van der Waals surface area contributed by atoms with Gasteiger partial charge < -0.3 is 10.4 Å². The van der Waals surface area contributed by atoms with Crippen molar-refractivity contribution >= 4 is 17.6 Å². The summed E-state index contributed by atoms with van der Waals surface area (Å²) in [4.78, 5) is 21.3. The highest BCUT2D eigenvalue weighted by atomic mass is 16.4. The molecule has 0 aliphatic carbocycles. The fraction of sp³-hybridized carbons (Fsp3) is 0.273. The first-order valence-corrected chi connectivity index (χ1v) is 4.71. The number of rotatable bonds is 2. The van der Waals surface area contributed by atoms with Gasteiger partial charge in [0.1, 0.15) is 0 Å². The lowest BCUT2D eigenvalue weighted by Gasteiger charge is -2.04. The molecule has 82 valence electrons. The van der Waals surface area contributed by atoms with Gasteiger partial charge in [-0.1, -0.05) is 26.0 Å². The summed E-state index contributed by atoms with van der Waals surface area (Å²) in [5.74, 6) is -1.34. The van der Waals surface area contributed by atoms with Crippen LogP contribution in [0.15, 0.2) is 24.3 Å². The number of carbonyl (C=O) groups is 2. The number of benzene rings is 1. The van der Waals surface area contributed by atoms with Crippen molar-refractivity contribution in [2.24, 2.45) is 0 Å². The summed E-state index contributed by atoms with van der Waals surface area (Å²) < 4.78 is 0. The lowest BCUT2D eigenvalue weighted by Crippen LogP contribution is -2.10. The number of carboxylic acid groups (broad SMARTS) is 1. The molecule has 4 nitrogen and oxygen atoms in total. The highest BCUT2D eigenvalue weighted by Crippen LogP contribution is 2.14. The van der Waals surface area contributed by atoms with Crippen molar-refractivity contribution in [1.82, 2.24) is 0 Å². The van der Waals surface area contributed by atoms with Crippen molar-refractivity contribution in [3.05, 3.63) is 29.8 Å². The average Bonchev–Trinajstić information content (AvgIpc) is 2.20. The summed E-state index contributed by atoms with van der Waals surface area (Å²) in [6.45, 7) is 5.33. The Hall–Kier alpha value is -1.84. The largest absolute Gasteiger partial charge is 0.478 e. The van der Waals surface area contributed by atoms with E-state index >= 15 is 0 Å². The summed E-state index contributed by atoms with van der Waals surface area (Å²) in [5.41, 5.74) is 0.417. The Morgan fingerprint density at radius 2 is 1.73 bits per heavy atom. The van der Waals surface area contributed by atoms with Crippen LogP contribution in [-0.2, 0) is 4.79 Å². The van der Waals surface area contributed by atoms with E-state index in [1.54, 1.807) is 18.2 Å². The zero-order valence-electron chi connectivity index (χ0n) is 9.07. The molecule has 15 heavy (non-hydrogen) atoms. The molecule has 2 N–H and O–H groups in total. The van der Waals surface area contributed by atoms with Gasteiger partial charge >= 0.3 is 5.97 Å². The van der Waals surface area contributed by atoms with Crippen LogP contribution in [-0.4, -0.2) is 17.0 Å². The third-order valence-electron chi connectivity index (χ3n) is 1.47. The number of aromatic carboxylic acids is 1. The molecule has 0 spiro atoms. The number of hydrogen-bond donors (Lipinski definition) is 2. The molecule has 0 radical (unpaired) electrons. The van der Waals surface area contributed by atoms with E-state index in [1.165, 1.54) is 13.0 Å². The number of nitrogens with one attached hydrogen (secondary N) is 1. The third kappa shape index (κ3) is 4.26. The SMILES string of the molecule is CC.CC(=O)Nc1ccccc1C(=O)O. The first-order valence-electron chi connectivity index (χ1n) is 4.71. The van der Waals surface area contributed by atoms with Crippen LogP contribution in [0.3, 0.4) is 0 Å². The van der Waals surface area contributed by atoms with Crippen molar-refractivity contribution in [3.63, 3.8) is 0 Å². The highest BCUT2D eigenvalue weighted by Gasteiger charge is 2.08. The summed E-state index contributed by atoms with van der Waals surface area (Å²) in [6, 6.07) is 6.25. The second-order valence-corrected chi connectivity index (χ2v) is 2.53. The summed E-state index contributed by atoms with van der Waals surface area (Å²) in [6.07, 6.45) is 0. The predicted octanol–water partition coefficient (Wildman–Crippen LogP) is 2.37. The average molecular weight is 209 g/mol. The summed E-state index contributed by atoms with van der Waals surface area (Å²) >= 11 is 0. The third-order valence-corrected chi connectivity index (χ3v) is 1.47. The topological polar surface area (TPSA) is 66.4 Å². The zero-order valence-corrected chi connectivity index (χ0v) is 9.07. The second kappa shape index (κ2) is 6.59. The van der Waals surface area contributed by atoms with E-state index in [2.05, 4.69) is 5.32 Å². The van der Waals surface area contributed by atoms with Crippen LogP contribution in [0, 0.1) is 0 Å². The summed E-state index contributed by atoms with van der Waals surface area (Å²) in [5, 5.41) is 11.2. The molecule has 0 aliphatic heterocycles. The molecule has 1 amide bonds. The Labute approximate surface area is 88.9 Å². The van der Waals surface area contributed by atoms with Crippen LogP contribution in [0.2, 0.25) is 0 Å². The van der Waals surface area contributed by atoms with E-state index in [4.69, 9.17) is 5.11 Å². The smallest absolute Gasteiger partial charge is 0.337 e. The van der Waals surface area contributed by atoms with Gasteiger partial charge in [-0.3, -0.25) is 4.79 Å². The van der Waals surface area contributed by atoms with Crippen molar-refractivity contribution in [2.75, 3.05) is 5.32 Å². The van der Waals surface area contributed by atoms with E-state index in [9.17, 15) is 9.59 Å². The monoisotopic (exact) mass is 209 g/mol. The minimum Gasteiger partial charge on any atom is -0.478 e. The van der Waals surface area contributed by atoms with Gasteiger partial charge in [-0.25, -0.2) is 4.79 Å². The standard InChI is InChI=1S/C9H9NO3.C2H6/c1-6(11)10-8-5-3-2-4-7(8)9(12)13;1-2/h2-5H,1H3,(H,10,11)(H,12,13);1-2H3. The van der Waals surface area contributed by atoms with E-state index in [1.807, 2.05) is 13.8 Å². The summed E-state index contributed by atoms with van der Waals surface area (Å²) in [7, 11) is 0. The fourth-order valence-corrected chi connectivity index (χ4v) is 0.968. The maximum atomic E-state index is 10.7. The molecular weight excluding hydrogens is 194 g/mol. The maximum Gasteiger partial charge on any atom is 0.337 e. The van der Waals surface area contributed by atoms with Gasteiger partial charge in [-0.05, 0) is 12.1 Å².